The fourth-order valence-corrected chi connectivity index (χ4v) is 4.27. The number of nitrogens with one attached hydrogen (secondary N) is 3. The largest absolute Gasteiger partial charge is 0.462 e. The highest BCUT2D eigenvalue weighted by Gasteiger charge is 2.23. The summed E-state index contributed by atoms with van der Waals surface area (Å²) in [6.45, 7) is -1.30. The molecule has 2 aromatic heterocycles. The molecular weight excluding hydrogens is 513 g/mol. The molecule has 3 N–H and O–H groups in total. The van der Waals surface area contributed by atoms with Crippen LogP contribution in [0.1, 0.15) is 56.0 Å². The average Bonchev–Trinajstić information content (AvgIpc) is 3.32. The number of halogens is 3. The molecule has 0 unspecified atom stereocenters. The van der Waals surface area contributed by atoms with Crippen molar-refractivity contribution in [2.45, 2.75) is 32.4 Å². The molecule has 2 aromatic carbocycles. The molecular formula is C28H27F3N4O4. The Morgan fingerprint density at radius 2 is 1.74 bits per heavy atom. The molecule has 0 aliphatic rings. The Labute approximate surface area is 222 Å². The van der Waals surface area contributed by atoms with Crippen LogP contribution in [-0.2, 0) is 30.7 Å². The van der Waals surface area contributed by atoms with Gasteiger partial charge in [0.05, 0.1) is 17.9 Å². The number of amides is 1. The van der Waals surface area contributed by atoms with E-state index in [9.17, 15) is 22.8 Å². The van der Waals surface area contributed by atoms with Gasteiger partial charge >= 0.3 is 0 Å². The van der Waals surface area contributed by atoms with E-state index in [2.05, 4.69) is 25.2 Å². The Balaban J connectivity index is 1.51. The number of pyridine rings is 1. The normalized spacial score (nSPS) is 11.1. The van der Waals surface area contributed by atoms with Gasteiger partial charge in [-0.1, -0.05) is 42.5 Å². The van der Waals surface area contributed by atoms with E-state index in [0.29, 0.717) is 29.7 Å². The first-order chi connectivity index (χ1) is 18.9. The Morgan fingerprint density at radius 3 is 2.41 bits per heavy atom. The van der Waals surface area contributed by atoms with E-state index < -0.39 is 24.8 Å². The lowest BCUT2D eigenvalue weighted by Crippen LogP contribution is -2.25. The van der Waals surface area contributed by atoms with E-state index in [1.54, 1.807) is 18.3 Å². The summed E-state index contributed by atoms with van der Waals surface area (Å²) in [5, 5.41) is 9.60. The summed E-state index contributed by atoms with van der Waals surface area (Å²) in [7, 11) is 1.52. The Bertz CT molecular complexity index is 1470. The summed E-state index contributed by atoms with van der Waals surface area (Å²) < 4.78 is 49.9. The van der Waals surface area contributed by atoms with Crippen molar-refractivity contribution in [3.63, 3.8) is 0 Å². The molecule has 204 valence electrons. The van der Waals surface area contributed by atoms with Gasteiger partial charge in [-0.3, -0.25) is 14.7 Å². The van der Waals surface area contributed by atoms with Crippen molar-refractivity contribution in [3.8, 4) is 5.75 Å². The first-order valence-electron chi connectivity index (χ1n) is 12.1. The van der Waals surface area contributed by atoms with Crippen LogP contribution in [0.2, 0.25) is 0 Å². The molecule has 2 heterocycles. The number of benzene rings is 2. The van der Waals surface area contributed by atoms with Gasteiger partial charge in [0.1, 0.15) is 5.75 Å². The summed E-state index contributed by atoms with van der Waals surface area (Å²) in [5.74, 6) is -0.844. The fraction of sp³-hybridized carbons (Fsp3) is 0.250. The maximum atomic E-state index is 13.7. The molecule has 4 aromatic rings. The zero-order valence-corrected chi connectivity index (χ0v) is 21.1. The number of ether oxygens (including phenoxy) is 2. The summed E-state index contributed by atoms with van der Waals surface area (Å²) in [6, 6.07) is 15.3. The van der Waals surface area contributed by atoms with Crippen molar-refractivity contribution in [3.05, 3.63) is 116 Å². The summed E-state index contributed by atoms with van der Waals surface area (Å²) in [6.07, 6.45) is -0.506. The fourth-order valence-electron chi connectivity index (χ4n) is 4.27. The monoisotopic (exact) mass is 540 g/mol. The highest BCUT2D eigenvalue weighted by Crippen LogP contribution is 2.32. The maximum absolute atomic E-state index is 13.7. The van der Waals surface area contributed by atoms with Gasteiger partial charge in [-0.2, -0.15) is 5.10 Å². The van der Waals surface area contributed by atoms with Gasteiger partial charge in [-0.15, -0.1) is 0 Å². The second-order valence-corrected chi connectivity index (χ2v) is 8.72. The Kier molecular flexibility index (Phi) is 9.16. The zero-order valence-electron chi connectivity index (χ0n) is 21.1. The molecule has 0 spiro atoms. The number of aromatic nitrogens is 3. The number of methoxy groups -OCH3 is 1. The van der Waals surface area contributed by atoms with Crippen molar-refractivity contribution in [1.29, 1.82) is 0 Å². The van der Waals surface area contributed by atoms with Crippen molar-refractivity contribution < 1.29 is 27.4 Å². The summed E-state index contributed by atoms with van der Waals surface area (Å²) in [4.78, 5) is 27.7. The summed E-state index contributed by atoms with van der Waals surface area (Å²) >= 11 is 0. The van der Waals surface area contributed by atoms with Crippen LogP contribution in [0, 0.1) is 0 Å². The molecule has 0 saturated heterocycles. The molecule has 1 amide bonds. The van der Waals surface area contributed by atoms with Crippen molar-refractivity contribution in [1.82, 2.24) is 20.5 Å². The van der Waals surface area contributed by atoms with E-state index in [1.807, 2.05) is 24.3 Å². The number of rotatable bonds is 12. The number of carbonyl (C=O) groups excluding carboxylic acids is 1. The second kappa shape index (κ2) is 12.9. The minimum Gasteiger partial charge on any atom is -0.462 e. The minimum absolute atomic E-state index is 0.103. The number of alkyl halides is 3. The first kappa shape index (κ1) is 27.6. The number of hydrogen-bond donors (Lipinski definition) is 3. The molecule has 0 fully saturated rings. The molecule has 0 bridgehead atoms. The van der Waals surface area contributed by atoms with Crippen LogP contribution in [0.5, 0.6) is 5.75 Å². The van der Waals surface area contributed by atoms with Crippen molar-refractivity contribution >= 4 is 5.91 Å². The number of aromatic amines is 2. The van der Waals surface area contributed by atoms with Crippen LogP contribution in [0.25, 0.3) is 0 Å². The average molecular weight is 541 g/mol. The Hall–Kier alpha value is -4.38. The van der Waals surface area contributed by atoms with Crippen LogP contribution in [-0.4, -0.2) is 35.1 Å². The number of hydrogen-bond acceptors (Lipinski definition) is 5. The van der Waals surface area contributed by atoms with Crippen LogP contribution in [0.3, 0.4) is 0 Å². The smallest absolute Gasteiger partial charge is 0.272 e. The number of nitrogens with zero attached hydrogens (tertiary/aromatic N) is 1. The predicted molar refractivity (Wildman–Crippen MR) is 138 cm³/mol. The van der Waals surface area contributed by atoms with Gasteiger partial charge in [0.15, 0.2) is 5.69 Å². The van der Waals surface area contributed by atoms with Crippen LogP contribution in [0.15, 0.2) is 65.6 Å². The first-order valence-corrected chi connectivity index (χ1v) is 12.1. The van der Waals surface area contributed by atoms with E-state index in [4.69, 9.17) is 4.74 Å². The molecule has 4 rings (SSSR count). The predicted octanol–water partition coefficient (Wildman–Crippen LogP) is 4.60. The molecule has 0 aliphatic carbocycles. The molecule has 39 heavy (non-hydrogen) atoms. The van der Waals surface area contributed by atoms with E-state index >= 15 is 0 Å². The van der Waals surface area contributed by atoms with Crippen molar-refractivity contribution in [2.24, 2.45) is 0 Å². The minimum atomic E-state index is -2.92. The lowest BCUT2D eigenvalue weighted by atomic mass is 9.99. The lowest BCUT2D eigenvalue weighted by Gasteiger charge is -2.14. The van der Waals surface area contributed by atoms with Crippen LogP contribution < -0.4 is 15.6 Å². The maximum Gasteiger partial charge on any atom is 0.272 e. The van der Waals surface area contributed by atoms with Gasteiger partial charge < -0.3 is 19.8 Å². The van der Waals surface area contributed by atoms with E-state index in [0.717, 1.165) is 11.1 Å². The van der Waals surface area contributed by atoms with Gasteiger partial charge in [0.25, 0.3) is 17.9 Å². The molecule has 0 aliphatic heterocycles. The SMILES string of the molecule is COCc1[nH]nc(C(=O)NCc2cccc(OCF)c2C(F)F)c1Cc1ccc(Cc2ccc[nH]c2=O)cc1. The van der Waals surface area contributed by atoms with E-state index in [1.165, 1.54) is 25.3 Å². The third kappa shape index (κ3) is 6.74. The van der Waals surface area contributed by atoms with Gasteiger partial charge in [-0.25, -0.2) is 13.2 Å². The zero-order chi connectivity index (χ0) is 27.8. The number of H-pyrrole nitrogens is 2. The third-order valence-electron chi connectivity index (χ3n) is 6.18. The van der Waals surface area contributed by atoms with Crippen LogP contribution >= 0.6 is 0 Å². The highest BCUT2D eigenvalue weighted by molar-refractivity contribution is 5.94. The second-order valence-electron chi connectivity index (χ2n) is 8.72. The van der Waals surface area contributed by atoms with Crippen LogP contribution in [0.4, 0.5) is 13.2 Å². The van der Waals surface area contributed by atoms with Gasteiger partial charge in [0, 0.05) is 43.8 Å². The topological polar surface area (TPSA) is 109 Å². The molecule has 11 heteroatoms. The van der Waals surface area contributed by atoms with Gasteiger partial charge in [0.2, 0.25) is 6.86 Å². The number of carbonyl (C=O) groups is 1. The molecule has 0 radical (unpaired) electrons. The highest BCUT2D eigenvalue weighted by atomic mass is 19.3. The lowest BCUT2D eigenvalue weighted by molar-refractivity contribution is 0.0942. The summed E-state index contributed by atoms with van der Waals surface area (Å²) in [5.41, 5.74) is 3.30. The quantitative estimate of drug-likeness (QED) is 0.243. The standard InChI is InChI=1S/C28H27F3N4O4/c1-38-15-22-21(13-18-9-7-17(8-10-18)12-19-5-3-11-32-27(19)36)25(35-34-22)28(37)33-14-20-4-2-6-23(39-16-29)24(20)26(30)31/h2-11,26H,12-16H2,1H3,(H,32,36)(H,33,37)(H,34,35). The molecule has 0 atom stereocenters. The third-order valence-corrected chi connectivity index (χ3v) is 6.18. The molecule has 0 saturated carbocycles. The van der Waals surface area contributed by atoms with E-state index in [-0.39, 0.29) is 35.7 Å². The Morgan fingerprint density at radius 1 is 1.03 bits per heavy atom. The molecule has 8 nitrogen and oxygen atoms in total. The van der Waals surface area contributed by atoms with Gasteiger partial charge in [-0.05, 0) is 28.8 Å². The van der Waals surface area contributed by atoms with Crippen molar-refractivity contribution in [2.75, 3.05) is 14.0 Å².